The average Bonchev–Trinajstić information content (AvgIpc) is 2.88. The van der Waals surface area contributed by atoms with Gasteiger partial charge in [0.2, 0.25) is 5.91 Å². The van der Waals surface area contributed by atoms with Crippen molar-refractivity contribution in [2.75, 3.05) is 40.9 Å². The summed E-state index contributed by atoms with van der Waals surface area (Å²) in [5.74, 6) is -0.228. The zero-order valence-electron chi connectivity index (χ0n) is 26.0. The molecule has 0 aliphatic rings. The number of likely N-dealkylation sites (N-methyl/N-ethyl adjacent to an activating group) is 1. The van der Waals surface area contributed by atoms with Gasteiger partial charge >= 0.3 is 0 Å². The van der Waals surface area contributed by atoms with Crippen LogP contribution in [-0.2, 0) is 18.4 Å². The van der Waals surface area contributed by atoms with Crippen molar-refractivity contribution in [3.63, 3.8) is 0 Å². The number of amides is 1. The molecule has 9 heteroatoms. The van der Waals surface area contributed by atoms with Crippen LogP contribution in [0.15, 0.2) is 36.5 Å². The molecule has 0 heterocycles. The van der Waals surface area contributed by atoms with Gasteiger partial charge in [-0.25, -0.2) is 0 Å². The lowest BCUT2D eigenvalue weighted by atomic mass is 10.1. The van der Waals surface area contributed by atoms with Crippen molar-refractivity contribution in [3.05, 3.63) is 36.5 Å². The van der Waals surface area contributed by atoms with Gasteiger partial charge in [0.1, 0.15) is 13.2 Å². The third-order valence-corrected chi connectivity index (χ3v) is 7.27. The number of unbranched alkanes of at least 4 members (excludes halogenated alkanes) is 9. The number of carbonyl (C=O) groups is 1. The molecule has 234 valence electrons. The van der Waals surface area contributed by atoms with Gasteiger partial charge in [-0.3, -0.25) is 9.36 Å². The van der Waals surface area contributed by atoms with E-state index in [0.29, 0.717) is 17.4 Å². The number of phosphoric acid groups is 1. The van der Waals surface area contributed by atoms with E-state index in [4.69, 9.17) is 9.05 Å². The minimum Gasteiger partial charge on any atom is -0.756 e. The van der Waals surface area contributed by atoms with Crippen LogP contribution >= 0.6 is 7.82 Å². The highest BCUT2D eigenvalue weighted by Gasteiger charge is 2.23. The average molecular weight is 587 g/mol. The molecule has 0 aromatic carbocycles. The Morgan fingerprint density at radius 3 is 2.12 bits per heavy atom. The summed E-state index contributed by atoms with van der Waals surface area (Å²) in [6, 6.07) is -0.900. The van der Waals surface area contributed by atoms with Crippen LogP contribution in [0.3, 0.4) is 0 Å². The van der Waals surface area contributed by atoms with Gasteiger partial charge < -0.3 is 28.8 Å². The van der Waals surface area contributed by atoms with E-state index in [2.05, 4.69) is 43.5 Å². The predicted octanol–water partition coefficient (Wildman–Crippen LogP) is 6.21. The van der Waals surface area contributed by atoms with Crippen LogP contribution in [0, 0.1) is 0 Å². The molecule has 0 aliphatic carbocycles. The third kappa shape index (κ3) is 25.7. The van der Waals surface area contributed by atoms with Crippen molar-refractivity contribution in [1.82, 2.24) is 5.32 Å². The maximum atomic E-state index is 12.6. The standard InChI is InChI=1S/C31H59N2O6P/c1-6-8-10-12-14-15-16-17-19-21-23-25-31(35)32-29(30(34)24-22-20-18-13-11-9-7-2)28-39-40(36,37)38-27-26-33(3,4)5/h11-14,22,24,29-30,34H,6-10,15-21,23,25-28H2,1-5H3,(H-,32,35,36,37)/b13-11+,14-12-,24-22+. The number of rotatable bonds is 26. The van der Waals surface area contributed by atoms with Crippen LogP contribution < -0.4 is 10.2 Å². The van der Waals surface area contributed by atoms with Crippen LogP contribution in [0.2, 0.25) is 0 Å². The minimum absolute atomic E-state index is 0.00947. The van der Waals surface area contributed by atoms with Crippen molar-refractivity contribution < 1.29 is 32.9 Å². The van der Waals surface area contributed by atoms with E-state index in [1.807, 2.05) is 27.2 Å². The van der Waals surface area contributed by atoms with Gasteiger partial charge in [-0.15, -0.1) is 0 Å². The van der Waals surface area contributed by atoms with Gasteiger partial charge in [0.15, 0.2) is 0 Å². The molecule has 3 atom stereocenters. The molecule has 0 fully saturated rings. The van der Waals surface area contributed by atoms with Crippen molar-refractivity contribution in [2.24, 2.45) is 0 Å². The highest BCUT2D eigenvalue weighted by Crippen LogP contribution is 2.38. The molecule has 8 nitrogen and oxygen atoms in total. The Morgan fingerprint density at radius 1 is 0.850 bits per heavy atom. The summed E-state index contributed by atoms with van der Waals surface area (Å²) in [7, 11) is 1.22. The summed E-state index contributed by atoms with van der Waals surface area (Å²) in [5.41, 5.74) is 0. The number of aliphatic hydroxyl groups excluding tert-OH is 1. The van der Waals surface area contributed by atoms with Crippen molar-refractivity contribution in [1.29, 1.82) is 0 Å². The van der Waals surface area contributed by atoms with E-state index in [0.717, 1.165) is 70.6 Å². The third-order valence-electron chi connectivity index (χ3n) is 6.30. The first-order valence-electron chi connectivity index (χ1n) is 15.4. The summed E-state index contributed by atoms with van der Waals surface area (Å²) in [5, 5.41) is 13.5. The Morgan fingerprint density at radius 2 is 1.45 bits per heavy atom. The van der Waals surface area contributed by atoms with E-state index < -0.39 is 26.6 Å². The van der Waals surface area contributed by atoms with Crippen LogP contribution in [0.1, 0.15) is 104 Å². The Hall–Kier alpha value is -1.28. The molecule has 0 rings (SSSR count). The molecule has 1 amide bonds. The fourth-order valence-corrected chi connectivity index (χ4v) is 4.46. The number of aliphatic hydroxyl groups is 1. The fourth-order valence-electron chi connectivity index (χ4n) is 3.74. The highest BCUT2D eigenvalue weighted by molar-refractivity contribution is 7.45. The summed E-state index contributed by atoms with van der Waals surface area (Å²) >= 11 is 0. The largest absolute Gasteiger partial charge is 0.756 e. The molecule has 40 heavy (non-hydrogen) atoms. The number of nitrogens with one attached hydrogen (secondary N) is 1. The quantitative estimate of drug-likeness (QED) is 0.0540. The number of carbonyl (C=O) groups excluding carboxylic acids is 1. The summed E-state index contributed by atoms with van der Waals surface area (Å²) in [6.45, 7) is 4.41. The molecule has 0 aromatic heterocycles. The maximum Gasteiger partial charge on any atom is 0.268 e. The Kier molecular flexibility index (Phi) is 23.6. The molecule has 0 saturated carbocycles. The minimum atomic E-state index is -4.57. The molecule has 0 spiro atoms. The molecule has 0 saturated heterocycles. The first-order chi connectivity index (χ1) is 19.0. The van der Waals surface area contributed by atoms with Crippen LogP contribution in [-0.4, -0.2) is 68.5 Å². The Bertz CT molecular complexity index is 763. The van der Waals surface area contributed by atoms with Crippen molar-refractivity contribution in [3.8, 4) is 0 Å². The number of hydrogen-bond acceptors (Lipinski definition) is 6. The predicted molar refractivity (Wildman–Crippen MR) is 164 cm³/mol. The first-order valence-corrected chi connectivity index (χ1v) is 16.8. The molecule has 3 unspecified atom stereocenters. The second-order valence-electron chi connectivity index (χ2n) is 11.4. The van der Waals surface area contributed by atoms with E-state index in [1.165, 1.54) is 12.8 Å². The maximum absolute atomic E-state index is 12.6. The van der Waals surface area contributed by atoms with E-state index in [9.17, 15) is 19.4 Å². The molecule has 0 bridgehead atoms. The molecular weight excluding hydrogens is 527 g/mol. The van der Waals surface area contributed by atoms with Gasteiger partial charge in [0.05, 0.1) is 39.9 Å². The molecule has 0 aliphatic heterocycles. The van der Waals surface area contributed by atoms with Crippen LogP contribution in [0.25, 0.3) is 0 Å². The van der Waals surface area contributed by atoms with Crippen molar-refractivity contribution in [2.45, 2.75) is 116 Å². The lowest BCUT2D eigenvalue weighted by molar-refractivity contribution is -0.870. The molecular formula is C31H59N2O6P. The normalized spacial score (nSPS) is 15.7. The van der Waals surface area contributed by atoms with Gasteiger partial charge in [-0.05, 0) is 44.9 Å². The number of quaternary nitrogens is 1. The zero-order chi connectivity index (χ0) is 30.1. The number of phosphoric ester groups is 1. The van der Waals surface area contributed by atoms with E-state index >= 15 is 0 Å². The van der Waals surface area contributed by atoms with E-state index in [-0.39, 0.29) is 12.5 Å². The lowest BCUT2D eigenvalue weighted by Gasteiger charge is -2.29. The fraction of sp³-hybridized carbons (Fsp3) is 0.774. The number of nitrogens with zero attached hydrogens (tertiary/aromatic N) is 1. The molecule has 0 radical (unpaired) electrons. The Balaban J connectivity index is 4.68. The topological polar surface area (TPSA) is 108 Å². The first kappa shape index (κ1) is 38.7. The van der Waals surface area contributed by atoms with Gasteiger partial charge in [-0.1, -0.05) is 88.8 Å². The summed E-state index contributed by atoms with van der Waals surface area (Å²) in [4.78, 5) is 24.9. The van der Waals surface area contributed by atoms with Gasteiger partial charge in [0, 0.05) is 6.42 Å². The number of hydrogen-bond donors (Lipinski definition) is 2. The van der Waals surface area contributed by atoms with E-state index in [1.54, 1.807) is 6.08 Å². The highest BCUT2D eigenvalue weighted by atomic mass is 31.2. The van der Waals surface area contributed by atoms with Crippen molar-refractivity contribution >= 4 is 13.7 Å². The number of allylic oxidation sites excluding steroid dienone is 5. The van der Waals surface area contributed by atoms with Gasteiger partial charge in [0.25, 0.3) is 7.82 Å². The van der Waals surface area contributed by atoms with Crippen LogP contribution in [0.5, 0.6) is 0 Å². The summed E-state index contributed by atoms with van der Waals surface area (Å²) < 4.78 is 22.8. The lowest BCUT2D eigenvalue weighted by Crippen LogP contribution is -2.45. The molecule has 2 N–H and O–H groups in total. The second kappa shape index (κ2) is 24.3. The van der Waals surface area contributed by atoms with Gasteiger partial charge in [-0.2, -0.15) is 0 Å². The monoisotopic (exact) mass is 586 g/mol. The Labute approximate surface area is 245 Å². The SMILES string of the molecule is CCC/C=C/CC/C=C/C(O)C(COP(=O)([O-])OCC[N+](C)(C)C)NC(=O)CCCCCCC/C=C\CCCC. The smallest absolute Gasteiger partial charge is 0.268 e. The molecule has 0 aromatic rings. The second-order valence-corrected chi connectivity index (χ2v) is 12.9. The van der Waals surface area contributed by atoms with Crippen LogP contribution in [0.4, 0.5) is 0 Å². The summed E-state index contributed by atoms with van der Waals surface area (Å²) in [6.07, 6.45) is 25.0. The zero-order valence-corrected chi connectivity index (χ0v) is 26.9.